The van der Waals surface area contributed by atoms with Crippen molar-refractivity contribution < 1.29 is 28.9 Å². The van der Waals surface area contributed by atoms with E-state index >= 15 is 0 Å². The summed E-state index contributed by atoms with van der Waals surface area (Å²) in [5.74, 6) is -1.41. The van der Waals surface area contributed by atoms with Gasteiger partial charge in [-0.2, -0.15) is 4.98 Å². The van der Waals surface area contributed by atoms with E-state index in [9.17, 15) is 14.7 Å². The molecule has 0 amide bonds. The molecule has 1 heterocycles. The highest BCUT2D eigenvalue weighted by Gasteiger charge is 2.15. The Bertz CT molecular complexity index is 1120. The number of imidazole rings is 1. The molecule has 0 atom stereocenters. The highest BCUT2D eigenvalue weighted by atomic mass is 16.6. The number of ether oxygens (including phenoxy) is 3. The third kappa shape index (κ3) is 7.03. The van der Waals surface area contributed by atoms with E-state index in [0.29, 0.717) is 49.0 Å². The summed E-state index contributed by atoms with van der Waals surface area (Å²) in [6.07, 6.45) is 0. The summed E-state index contributed by atoms with van der Waals surface area (Å²) in [6.45, 7) is 10.9. The highest BCUT2D eigenvalue weighted by molar-refractivity contribution is 5.92. The number of hydrogen-bond acceptors (Lipinski definition) is 7. The fourth-order valence-corrected chi connectivity index (χ4v) is 3.67. The van der Waals surface area contributed by atoms with Crippen LogP contribution in [0.2, 0.25) is 0 Å². The maximum Gasteiger partial charge on any atom is 0.338 e. The second-order valence-corrected chi connectivity index (χ2v) is 7.89. The maximum atomic E-state index is 12.3. The molecule has 0 aliphatic heterocycles. The predicted molar refractivity (Wildman–Crippen MR) is 132 cm³/mol. The number of esters is 1. The summed E-state index contributed by atoms with van der Waals surface area (Å²) in [4.78, 5) is 30.5. The lowest BCUT2D eigenvalue weighted by Crippen LogP contribution is -2.27. The van der Waals surface area contributed by atoms with Gasteiger partial charge in [0.1, 0.15) is 6.61 Å². The molecule has 3 rings (SSSR count). The molecule has 1 N–H and O–H groups in total. The molecule has 9 nitrogen and oxygen atoms in total. The van der Waals surface area contributed by atoms with Crippen molar-refractivity contribution in [3.8, 4) is 6.01 Å². The summed E-state index contributed by atoms with van der Waals surface area (Å²) in [6, 6.07) is 12.3. The van der Waals surface area contributed by atoms with Gasteiger partial charge in [0, 0.05) is 6.54 Å². The molecule has 188 valence electrons. The van der Waals surface area contributed by atoms with Gasteiger partial charge in [0.05, 0.1) is 48.5 Å². The van der Waals surface area contributed by atoms with E-state index in [4.69, 9.17) is 14.2 Å². The van der Waals surface area contributed by atoms with Crippen LogP contribution in [0.15, 0.2) is 42.5 Å². The molecule has 0 bridgehead atoms. The topological polar surface area (TPSA) is 103 Å². The van der Waals surface area contributed by atoms with E-state index in [2.05, 4.69) is 23.7 Å². The zero-order chi connectivity index (χ0) is 25.2. The highest BCUT2D eigenvalue weighted by Crippen LogP contribution is 2.24. The van der Waals surface area contributed by atoms with E-state index in [-0.39, 0.29) is 12.2 Å². The van der Waals surface area contributed by atoms with E-state index in [1.54, 1.807) is 24.3 Å². The lowest BCUT2D eigenvalue weighted by molar-refractivity contribution is 0.0286. The Labute approximate surface area is 205 Å². The zero-order valence-electron chi connectivity index (χ0n) is 20.5. The van der Waals surface area contributed by atoms with Crippen molar-refractivity contribution in [2.24, 2.45) is 0 Å². The minimum absolute atomic E-state index is 0.178. The lowest BCUT2D eigenvalue weighted by atomic mass is 10.1. The van der Waals surface area contributed by atoms with Gasteiger partial charge in [-0.25, -0.2) is 9.59 Å². The van der Waals surface area contributed by atoms with Gasteiger partial charge >= 0.3 is 11.9 Å². The minimum atomic E-state index is -1.00. The van der Waals surface area contributed by atoms with Crippen molar-refractivity contribution in [1.29, 1.82) is 0 Å². The number of fused-ring (bicyclic) bond motifs is 1. The van der Waals surface area contributed by atoms with Crippen LogP contribution in [0.5, 0.6) is 6.01 Å². The summed E-state index contributed by atoms with van der Waals surface area (Å²) in [7, 11) is 0. The fraction of sp³-hybridized carbons (Fsp3) is 0.423. The van der Waals surface area contributed by atoms with Crippen molar-refractivity contribution in [2.75, 3.05) is 46.1 Å². The van der Waals surface area contributed by atoms with Crippen LogP contribution in [0.3, 0.4) is 0 Å². The molecule has 0 saturated carbocycles. The number of carboxylic acid groups (broad SMARTS) is 1. The number of rotatable bonds is 14. The van der Waals surface area contributed by atoms with E-state index in [1.165, 1.54) is 6.07 Å². The number of carboxylic acids is 1. The number of nitrogens with zero attached hydrogens (tertiary/aromatic N) is 3. The van der Waals surface area contributed by atoms with E-state index < -0.39 is 11.9 Å². The molecule has 3 aromatic rings. The number of likely N-dealkylation sites (N-methyl/N-ethyl adjacent to an activating group) is 1. The average molecular weight is 484 g/mol. The van der Waals surface area contributed by atoms with Gasteiger partial charge in [-0.1, -0.05) is 26.0 Å². The number of benzene rings is 2. The number of aromatic nitrogens is 2. The average Bonchev–Trinajstić information content (AvgIpc) is 3.20. The first-order valence-corrected chi connectivity index (χ1v) is 11.9. The standard InChI is InChI=1S/C26H33N3O6/c1-4-28(5-2)13-14-33-15-16-35-25(32)20-9-7-19(8-10-20)18-29-23-17-21(24(30)31)11-12-22(23)27-26(29)34-6-3/h7-12,17H,4-6,13-16,18H2,1-3H3,(H,30,31). The number of carbonyl (C=O) groups excluding carboxylic acids is 1. The summed E-state index contributed by atoms with van der Waals surface area (Å²) >= 11 is 0. The summed E-state index contributed by atoms with van der Waals surface area (Å²) in [5, 5.41) is 9.35. The quantitative estimate of drug-likeness (QED) is 0.274. The number of aromatic carboxylic acids is 1. The van der Waals surface area contributed by atoms with E-state index in [0.717, 1.165) is 25.2 Å². The Morgan fingerprint density at radius 3 is 2.34 bits per heavy atom. The van der Waals surface area contributed by atoms with Crippen LogP contribution in [-0.2, 0) is 16.0 Å². The first-order valence-electron chi connectivity index (χ1n) is 11.9. The second kappa shape index (κ2) is 12.9. The SMILES string of the molecule is CCOc1nc2ccc(C(=O)O)cc2n1Cc1ccc(C(=O)OCCOCCN(CC)CC)cc1. The summed E-state index contributed by atoms with van der Waals surface area (Å²) in [5.41, 5.74) is 2.85. The van der Waals surface area contributed by atoms with Crippen molar-refractivity contribution in [3.63, 3.8) is 0 Å². The Hall–Kier alpha value is -3.43. The van der Waals surface area contributed by atoms with Crippen LogP contribution < -0.4 is 4.74 Å². The Morgan fingerprint density at radius 2 is 1.69 bits per heavy atom. The van der Waals surface area contributed by atoms with Crippen molar-refractivity contribution in [2.45, 2.75) is 27.3 Å². The largest absolute Gasteiger partial charge is 0.478 e. The molecule has 35 heavy (non-hydrogen) atoms. The fourth-order valence-electron chi connectivity index (χ4n) is 3.67. The van der Waals surface area contributed by atoms with Crippen LogP contribution >= 0.6 is 0 Å². The molecule has 0 fully saturated rings. The van der Waals surface area contributed by atoms with Gasteiger partial charge in [-0.3, -0.25) is 4.57 Å². The number of hydrogen-bond donors (Lipinski definition) is 1. The Kier molecular flexibility index (Phi) is 9.63. The normalized spacial score (nSPS) is 11.2. The van der Waals surface area contributed by atoms with Gasteiger partial charge in [-0.15, -0.1) is 0 Å². The van der Waals surface area contributed by atoms with Gasteiger partial charge in [-0.05, 0) is 55.9 Å². The van der Waals surface area contributed by atoms with Gasteiger partial charge in [0.2, 0.25) is 0 Å². The smallest absolute Gasteiger partial charge is 0.338 e. The van der Waals surface area contributed by atoms with Gasteiger partial charge < -0.3 is 24.2 Å². The van der Waals surface area contributed by atoms with Crippen molar-refractivity contribution >= 4 is 23.0 Å². The van der Waals surface area contributed by atoms with Crippen molar-refractivity contribution in [3.05, 3.63) is 59.2 Å². The third-order valence-corrected chi connectivity index (χ3v) is 5.67. The van der Waals surface area contributed by atoms with Crippen LogP contribution in [0.25, 0.3) is 11.0 Å². The van der Waals surface area contributed by atoms with Crippen LogP contribution in [0.1, 0.15) is 47.1 Å². The predicted octanol–water partition coefficient (Wildman–Crippen LogP) is 3.70. The first-order chi connectivity index (χ1) is 17.0. The molecule has 0 radical (unpaired) electrons. The first kappa shape index (κ1) is 26.2. The second-order valence-electron chi connectivity index (χ2n) is 7.89. The Morgan fingerprint density at radius 1 is 0.971 bits per heavy atom. The monoisotopic (exact) mass is 483 g/mol. The van der Waals surface area contributed by atoms with Crippen LogP contribution in [-0.4, -0.2) is 77.6 Å². The molecule has 2 aromatic carbocycles. The van der Waals surface area contributed by atoms with Gasteiger partial charge in [0.25, 0.3) is 6.01 Å². The molecular weight excluding hydrogens is 450 g/mol. The molecule has 9 heteroatoms. The number of carbonyl (C=O) groups is 2. The minimum Gasteiger partial charge on any atom is -0.478 e. The van der Waals surface area contributed by atoms with Crippen LogP contribution in [0.4, 0.5) is 0 Å². The van der Waals surface area contributed by atoms with Crippen LogP contribution in [0, 0.1) is 0 Å². The van der Waals surface area contributed by atoms with Crippen molar-refractivity contribution in [1.82, 2.24) is 14.5 Å². The molecule has 0 aliphatic rings. The zero-order valence-corrected chi connectivity index (χ0v) is 20.5. The molecule has 0 aliphatic carbocycles. The molecule has 0 spiro atoms. The molecular formula is C26H33N3O6. The molecule has 0 unspecified atom stereocenters. The lowest BCUT2D eigenvalue weighted by Gasteiger charge is -2.17. The molecule has 0 saturated heterocycles. The summed E-state index contributed by atoms with van der Waals surface area (Å²) < 4.78 is 18.4. The third-order valence-electron chi connectivity index (χ3n) is 5.67. The Balaban J connectivity index is 1.60. The van der Waals surface area contributed by atoms with Gasteiger partial charge in [0.15, 0.2) is 0 Å². The maximum absolute atomic E-state index is 12.3. The molecule has 1 aromatic heterocycles. The van der Waals surface area contributed by atoms with E-state index in [1.807, 2.05) is 23.6 Å².